The number of aryl methyl sites for hydroxylation is 1. The van der Waals surface area contributed by atoms with Crippen LogP contribution in [-0.4, -0.2) is 35.0 Å². The van der Waals surface area contributed by atoms with Crippen LogP contribution in [-0.2, 0) is 9.59 Å². The second-order valence-corrected chi connectivity index (χ2v) is 9.56. The zero-order chi connectivity index (χ0) is 25.0. The zero-order valence-corrected chi connectivity index (χ0v) is 19.8. The predicted octanol–water partition coefficient (Wildman–Crippen LogP) is 5.14. The summed E-state index contributed by atoms with van der Waals surface area (Å²) in [6.45, 7) is 2.72. The molecule has 0 bridgehead atoms. The fourth-order valence-electron chi connectivity index (χ4n) is 4.46. The highest BCUT2D eigenvalue weighted by atomic mass is 32.1. The molecule has 1 N–H and O–H groups in total. The summed E-state index contributed by atoms with van der Waals surface area (Å²) >= 11 is 1.27. The number of anilines is 1. The largest absolute Gasteiger partial charge is 0.507 e. The lowest BCUT2D eigenvalue weighted by Gasteiger charge is -2.23. The molecule has 1 amide bonds. The number of Topliss-reactive ketones (excluding diaryl/α,β-unsaturated/α-hetero) is 1. The third-order valence-electron chi connectivity index (χ3n) is 6.18. The number of hydrogen-bond acceptors (Lipinski definition) is 7. The topological polar surface area (TPSA) is 89.0 Å². The third-order valence-corrected chi connectivity index (χ3v) is 7.20. The molecule has 0 aliphatic carbocycles. The van der Waals surface area contributed by atoms with Gasteiger partial charge in [-0.3, -0.25) is 14.5 Å². The number of ether oxygens (including phenoxy) is 2. The van der Waals surface area contributed by atoms with Crippen LogP contribution >= 0.6 is 11.3 Å². The summed E-state index contributed by atoms with van der Waals surface area (Å²) in [5.74, 6) is -1.54. The lowest BCUT2D eigenvalue weighted by atomic mass is 9.95. The van der Waals surface area contributed by atoms with Crippen LogP contribution in [0.4, 0.5) is 9.52 Å². The summed E-state index contributed by atoms with van der Waals surface area (Å²) in [6.07, 6.45) is 0. The smallest absolute Gasteiger partial charge is 0.301 e. The lowest BCUT2D eigenvalue weighted by Crippen LogP contribution is -2.29. The number of thiazole rings is 1. The van der Waals surface area contributed by atoms with Crippen molar-refractivity contribution in [3.8, 4) is 11.5 Å². The highest BCUT2D eigenvalue weighted by Gasteiger charge is 2.48. The number of fused-ring (bicyclic) bond motifs is 2. The molecule has 1 unspecified atom stereocenters. The molecular weight excluding hydrogens is 483 g/mol. The maximum Gasteiger partial charge on any atom is 0.301 e. The molecule has 3 aromatic carbocycles. The minimum absolute atomic E-state index is 0.112. The standard InChI is InChI=1S/C27H19FN2O5S/c1-14-2-8-18-21(12-14)36-27(29-18)30-23(15-3-6-17(28)7-4-15)22(25(32)26(30)33)24(31)16-5-9-19-20(13-16)35-11-10-34-19/h2-9,12-13,23,31H,10-11H2,1H3/b24-22-. The monoisotopic (exact) mass is 502 g/mol. The molecule has 6 rings (SSSR count). The number of rotatable bonds is 3. The minimum atomic E-state index is -1.000. The van der Waals surface area contributed by atoms with Crippen molar-refractivity contribution in [1.29, 1.82) is 0 Å². The van der Waals surface area contributed by atoms with Gasteiger partial charge in [0.05, 0.1) is 21.8 Å². The minimum Gasteiger partial charge on any atom is -0.507 e. The van der Waals surface area contributed by atoms with E-state index in [2.05, 4.69) is 4.98 Å². The number of benzene rings is 3. The molecule has 1 aromatic heterocycles. The van der Waals surface area contributed by atoms with E-state index in [9.17, 15) is 19.1 Å². The van der Waals surface area contributed by atoms with Gasteiger partial charge in [-0.2, -0.15) is 0 Å². The van der Waals surface area contributed by atoms with Gasteiger partial charge >= 0.3 is 5.91 Å². The molecule has 3 heterocycles. The van der Waals surface area contributed by atoms with Gasteiger partial charge in [0.15, 0.2) is 16.6 Å². The van der Waals surface area contributed by atoms with Crippen LogP contribution in [0.1, 0.15) is 22.7 Å². The third kappa shape index (κ3) is 3.59. The Morgan fingerprint density at radius 2 is 1.78 bits per heavy atom. The number of aliphatic hydroxyl groups excluding tert-OH is 1. The second kappa shape index (κ2) is 8.46. The van der Waals surface area contributed by atoms with Crippen molar-refractivity contribution in [3.63, 3.8) is 0 Å². The Morgan fingerprint density at radius 1 is 1.03 bits per heavy atom. The molecule has 0 saturated carbocycles. The SMILES string of the molecule is Cc1ccc2nc(N3C(=O)C(=O)/C(=C(\O)c4ccc5c(c4)OCCO5)C3c3ccc(F)cc3)sc2c1. The fraction of sp³-hybridized carbons (Fsp3) is 0.148. The van der Waals surface area contributed by atoms with Crippen LogP contribution in [0.2, 0.25) is 0 Å². The Morgan fingerprint density at radius 3 is 2.56 bits per heavy atom. The first-order valence-corrected chi connectivity index (χ1v) is 12.1. The van der Waals surface area contributed by atoms with Crippen molar-refractivity contribution >= 4 is 44.1 Å². The molecular formula is C27H19FN2O5S. The van der Waals surface area contributed by atoms with E-state index in [1.807, 2.05) is 25.1 Å². The van der Waals surface area contributed by atoms with Gasteiger partial charge < -0.3 is 14.6 Å². The molecule has 180 valence electrons. The summed E-state index contributed by atoms with van der Waals surface area (Å²) < 4.78 is 25.8. The van der Waals surface area contributed by atoms with Crippen LogP contribution in [0.25, 0.3) is 16.0 Å². The number of nitrogens with zero attached hydrogens (tertiary/aromatic N) is 2. The molecule has 1 atom stereocenters. The Kier molecular flexibility index (Phi) is 5.22. The predicted molar refractivity (Wildman–Crippen MR) is 133 cm³/mol. The Balaban J connectivity index is 1.54. The normalized spacial score (nSPS) is 18.7. The number of halogens is 1. The highest BCUT2D eigenvalue weighted by Crippen LogP contribution is 2.45. The molecule has 2 aliphatic heterocycles. The quantitative estimate of drug-likeness (QED) is 0.237. The molecule has 9 heteroatoms. The number of aromatic nitrogens is 1. The highest BCUT2D eigenvalue weighted by molar-refractivity contribution is 7.22. The molecule has 1 fully saturated rings. The molecule has 4 aromatic rings. The Bertz CT molecular complexity index is 1580. The fourth-order valence-corrected chi connectivity index (χ4v) is 5.55. The van der Waals surface area contributed by atoms with Crippen LogP contribution in [0.5, 0.6) is 11.5 Å². The maximum atomic E-state index is 13.8. The molecule has 2 aliphatic rings. The molecule has 7 nitrogen and oxygen atoms in total. The van der Waals surface area contributed by atoms with Crippen LogP contribution in [0.3, 0.4) is 0 Å². The second-order valence-electron chi connectivity index (χ2n) is 8.55. The lowest BCUT2D eigenvalue weighted by molar-refractivity contribution is -0.132. The molecule has 0 radical (unpaired) electrons. The van der Waals surface area contributed by atoms with Gasteiger partial charge in [-0.15, -0.1) is 0 Å². The van der Waals surface area contributed by atoms with Crippen molar-refractivity contribution in [2.24, 2.45) is 0 Å². The van der Waals surface area contributed by atoms with Gasteiger partial charge in [-0.1, -0.05) is 29.5 Å². The number of aliphatic hydroxyl groups is 1. The van der Waals surface area contributed by atoms with Gasteiger partial charge in [-0.25, -0.2) is 9.37 Å². The van der Waals surface area contributed by atoms with Crippen LogP contribution < -0.4 is 14.4 Å². The van der Waals surface area contributed by atoms with Gasteiger partial charge in [0.1, 0.15) is 24.8 Å². The van der Waals surface area contributed by atoms with Crippen molar-refractivity contribution in [3.05, 3.63) is 88.7 Å². The zero-order valence-electron chi connectivity index (χ0n) is 19.0. The first kappa shape index (κ1) is 22.2. The van der Waals surface area contributed by atoms with Gasteiger partial charge in [0.2, 0.25) is 0 Å². The number of ketones is 1. The van der Waals surface area contributed by atoms with Gasteiger partial charge in [-0.05, 0) is 60.5 Å². The van der Waals surface area contributed by atoms with Crippen molar-refractivity contribution in [1.82, 2.24) is 4.98 Å². The van der Waals surface area contributed by atoms with E-state index in [4.69, 9.17) is 9.47 Å². The first-order chi connectivity index (χ1) is 17.4. The van der Waals surface area contributed by atoms with E-state index in [1.165, 1.54) is 40.5 Å². The molecule has 36 heavy (non-hydrogen) atoms. The first-order valence-electron chi connectivity index (χ1n) is 11.2. The Hall–Kier alpha value is -4.24. The van der Waals surface area contributed by atoms with Crippen LogP contribution in [0.15, 0.2) is 66.2 Å². The summed E-state index contributed by atoms with van der Waals surface area (Å²) in [5, 5.41) is 11.6. The number of hydrogen-bond donors (Lipinski definition) is 1. The van der Waals surface area contributed by atoms with Crippen molar-refractivity contribution < 1.29 is 28.6 Å². The van der Waals surface area contributed by atoms with Crippen LogP contribution in [0, 0.1) is 12.7 Å². The summed E-state index contributed by atoms with van der Waals surface area (Å²) in [7, 11) is 0. The van der Waals surface area contributed by atoms with E-state index in [1.54, 1.807) is 18.2 Å². The molecule has 0 spiro atoms. The van der Waals surface area contributed by atoms with Gasteiger partial charge in [0, 0.05) is 5.56 Å². The summed E-state index contributed by atoms with van der Waals surface area (Å²) in [5.41, 5.74) is 2.37. The maximum absolute atomic E-state index is 13.8. The average molecular weight is 503 g/mol. The van der Waals surface area contributed by atoms with Crippen molar-refractivity contribution in [2.75, 3.05) is 18.1 Å². The number of carbonyl (C=O) groups excluding carboxylic acids is 2. The summed E-state index contributed by atoms with van der Waals surface area (Å²) in [6, 6.07) is 15.0. The number of carbonyl (C=O) groups is 2. The van der Waals surface area contributed by atoms with E-state index < -0.39 is 23.5 Å². The molecule has 1 saturated heterocycles. The van der Waals surface area contributed by atoms with Crippen molar-refractivity contribution in [2.45, 2.75) is 13.0 Å². The van der Waals surface area contributed by atoms with E-state index in [0.29, 0.717) is 46.5 Å². The number of amides is 1. The van der Waals surface area contributed by atoms with E-state index in [-0.39, 0.29) is 11.3 Å². The average Bonchev–Trinajstić information content (AvgIpc) is 3.41. The van der Waals surface area contributed by atoms with E-state index in [0.717, 1.165) is 10.3 Å². The van der Waals surface area contributed by atoms with Gasteiger partial charge in [0.25, 0.3) is 5.78 Å². The summed E-state index contributed by atoms with van der Waals surface area (Å²) in [4.78, 5) is 32.6. The van der Waals surface area contributed by atoms with E-state index >= 15 is 0 Å². The Labute approximate surface area is 209 Å².